The maximum absolute atomic E-state index is 12.3. The minimum absolute atomic E-state index is 0.0802. The first kappa shape index (κ1) is 18.0. The molecule has 2 rings (SSSR count). The van der Waals surface area contributed by atoms with Crippen molar-refractivity contribution in [3.8, 4) is 6.07 Å². The van der Waals surface area contributed by atoms with E-state index in [0.717, 1.165) is 0 Å². The molecule has 1 N–H and O–H groups in total. The number of hydrogen-bond donors (Lipinski definition) is 1. The van der Waals surface area contributed by atoms with Crippen molar-refractivity contribution in [2.75, 3.05) is 18.4 Å². The molecule has 2 unspecified atom stereocenters. The highest BCUT2D eigenvalue weighted by Gasteiger charge is 2.21. The van der Waals surface area contributed by atoms with E-state index >= 15 is 0 Å². The van der Waals surface area contributed by atoms with E-state index in [1.807, 2.05) is 49.1 Å². The summed E-state index contributed by atoms with van der Waals surface area (Å²) >= 11 is 0. The fourth-order valence-electron chi connectivity index (χ4n) is 2.79. The maximum Gasteiger partial charge on any atom is 0.267 e. The number of anilines is 1. The van der Waals surface area contributed by atoms with E-state index in [1.54, 1.807) is 6.20 Å². The van der Waals surface area contributed by atoms with Crippen LogP contribution in [0.5, 0.6) is 0 Å². The van der Waals surface area contributed by atoms with E-state index < -0.39 is 0 Å². The molecule has 0 bridgehead atoms. The predicted molar refractivity (Wildman–Crippen MR) is 94.4 cm³/mol. The molecule has 1 fully saturated rings. The summed E-state index contributed by atoms with van der Waals surface area (Å²) in [6.07, 6.45) is 1.79. The van der Waals surface area contributed by atoms with Crippen LogP contribution in [-0.2, 0) is 9.53 Å². The lowest BCUT2D eigenvalue weighted by Gasteiger charge is -2.34. The van der Waals surface area contributed by atoms with Crippen LogP contribution >= 0.6 is 0 Å². The maximum atomic E-state index is 12.3. The number of hydrogen-bond acceptors (Lipinski definition) is 4. The molecule has 0 radical (unpaired) electrons. The minimum atomic E-state index is -0.387. The van der Waals surface area contributed by atoms with Crippen molar-refractivity contribution >= 4 is 11.6 Å². The zero-order valence-corrected chi connectivity index (χ0v) is 14.7. The fraction of sp³-hybridized carbons (Fsp3) is 0.474. The molecule has 1 aliphatic heterocycles. The van der Waals surface area contributed by atoms with Crippen molar-refractivity contribution < 1.29 is 9.53 Å². The molecule has 1 aromatic rings. The van der Waals surface area contributed by atoms with Crippen molar-refractivity contribution in [1.29, 1.82) is 5.26 Å². The smallest absolute Gasteiger partial charge is 0.267 e. The highest BCUT2D eigenvalue weighted by atomic mass is 16.5. The van der Waals surface area contributed by atoms with Crippen LogP contribution in [-0.4, -0.2) is 36.1 Å². The molecular formula is C19H25N3O2. The van der Waals surface area contributed by atoms with Gasteiger partial charge in [0.25, 0.3) is 5.91 Å². The van der Waals surface area contributed by atoms with Crippen LogP contribution in [0.3, 0.4) is 0 Å². The highest BCUT2D eigenvalue weighted by Crippen LogP contribution is 2.18. The lowest BCUT2D eigenvalue weighted by molar-refractivity contribution is -0.112. The third kappa shape index (κ3) is 4.84. The van der Waals surface area contributed by atoms with Gasteiger partial charge in [-0.15, -0.1) is 0 Å². The Kier molecular flexibility index (Phi) is 5.99. The Morgan fingerprint density at radius 2 is 1.88 bits per heavy atom. The van der Waals surface area contributed by atoms with Crippen LogP contribution in [0.2, 0.25) is 0 Å². The topological polar surface area (TPSA) is 65.4 Å². The van der Waals surface area contributed by atoms with Crippen molar-refractivity contribution in [2.45, 2.75) is 45.8 Å². The number of morpholine rings is 1. The van der Waals surface area contributed by atoms with Gasteiger partial charge in [-0.25, -0.2) is 0 Å². The van der Waals surface area contributed by atoms with E-state index in [4.69, 9.17) is 4.74 Å². The van der Waals surface area contributed by atoms with E-state index in [2.05, 4.69) is 19.2 Å². The molecule has 0 aliphatic carbocycles. The number of benzene rings is 1. The molecule has 1 heterocycles. The number of nitrogens with zero attached hydrogens (tertiary/aromatic N) is 2. The molecule has 0 saturated carbocycles. The second-order valence-electron chi connectivity index (χ2n) is 6.60. The molecular weight excluding hydrogens is 302 g/mol. The number of carbonyl (C=O) groups excluding carboxylic acids is 1. The first-order valence-corrected chi connectivity index (χ1v) is 8.31. The van der Waals surface area contributed by atoms with Crippen LogP contribution in [0, 0.1) is 11.3 Å². The van der Waals surface area contributed by atoms with Gasteiger partial charge in [0, 0.05) is 25.0 Å². The number of rotatable bonds is 4. The van der Waals surface area contributed by atoms with E-state index in [-0.39, 0.29) is 23.7 Å². The van der Waals surface area contributed by atoms with Crippen LogP contribution < -0.4 is 5.32 Å². The van der Waals surface area contributed by atoms with Gasteiger partial charge in [0.1, 0.15) is 11.6 Å². The normalized spacial score (nSPS) is 21.5. The predicted octanol–water partition coefficient (Wildman–Crippen LogP) is 3.27. The fourth-order valence-corrected chi connectivity index (χ4v) is 2.79. The summed E-state index contributed by atoms with van der Waals surface area (Å²) in [6, 6.07) is 9.69. The van der Waals surface area contributed by atoms with Crippen molar-refractivity contribution in [1.82, 2.24) is 4.90 Å². The summed E-state index contributed by atoms with van der Waals surface area (Å²) in [6.45, 7) is 9.55. The summed E-state index contributed by atoms with van der Waals surface area (Å²) < 4.78 is 5.66. The van der Waals surface area contributed by atoms with E-state index in [0.29, 0.717) is 24.7 Å². The molecule has 128 valence electrons. The van der Waals surface area contributed by atoms with Crippen molar-refractivity contribution in [3.05, 3.63) is 41.6 Å². The summed E-state index contributed by atoms with van der Waals surface area (Å²) in [5, 5.41) is 12.1. The van der Waals surface area contributed by atoms with Gasteiger partial charge in [0.15, 0.2) is 0 Å². The Bertz CT molecular complexity index is 634. The molecule has 0 spiro atoms. The third-order valence-corrected chi connectivity index (χ3v) is 3.96. The largest absolute Gasteiger partial charge is 0.372 e. The Morgan fingerprint density at radius 3 is 2.38 bits per heavy atom. The molecule has 5 nitrogen and oxygen atoms in total. The van der Waals surface area contributed by atoms with Gasteiger partial charge >= 0.3 is 0 Å². The first-order chi connectivity index (χ1) is 11.4. The van der Waals surface area contributed by atoms with Crippen molar-refractivity contribution in [3.63, 3.8) is 0 Å². The average molecular weight is 327 g/mol. The van der Waals surface area contributed by atoms with Gasteiger partial charge in [-0.2, -0.15) is 5.26 Å². The Labute approximate surface area is 143 Å². The molecule has 1 aromatic carbocycles. The molecule has 24 heavy (non-hydrogen) atoms. The van der Waals surface area contributed by atoms with Gasteiger partial charge in [-0.3, -0.25) is 4.79 Å². The van der Waals surface area contributed by atoms with Gasteiger partial charge in [-0.1, -0.05) is 26.0 Å². The van der Waals surface area contributed by atoms with Crippen molar-refractivity contribution in [2.24, 2.45) is 0 Å². The number of amides is 1. The summed E-state index contributed by atoms with van der Waals surface area (Å²) in [5.41, 5.74) is 2.00. The molecule has 0 aromatic heterocycles. The van der Waals surface area contributed by atoms with Crippen LogP contribution in [0.4, 0.5) is 5.69 Å². The van der Waals surface area contributed by atoms with E-state index in [9.17, 15) is 10.1 Å². The summed E-state index contributed by atoms with van der Waals surface area (Å²) in [4.78, 5) is 14.3. The SMILES string of the molecule is CC1CN(/C=C(/C#N)C(=O)Nc2ccc(C(C)C)cc2)CC(C)O1. The van der Waals surface area contributed by atoms with Crippen LogP contribution in [0.15, 0.2) is 36.0 Å². The molecule has 2 atom stereocenters. The van der Waals surface area contributed by atoms with Gasteiger partial charge in [-0.05, 0) is 37.5 Å². The second kappa shape index (κ2) is 7.98. The van der Waals surface area contributed by atoms with Gasteiger partial charge in [0.05, 0.1) is 12.2 Å². The van der Waals surface area contributed by atoms with Crippen LogP contribution in [0.25, 0.3) is 0 Å². The van der Waals surface area contributed by atoms with Crippen LogP contribution in [0.1, 0.15) is 39.2 Å². The Morgan fingerprint density at radius 1 is 1.29 bits per heavy atom. The molecule has 1 amide bonds. The molecule has 1 saturated heterocycles. The Hall–Kier alpha value is -2.32. The third-order valence-electron chi connectivity index (χ3n) is 3.96. The lowest BCUT2D eigenvalue weighted by Crippen LogP contribution is -2.43. The molecule has 5 heteroatoms. The Balaban J connectivity index is 2.05. The summed E-state index contributed by atoms with van der Waals surface area (Å²) in [5.74, 6) is 0.0520. The van der Waals surface area contributed by atoms with E-state index in [1.165, 1.54) is 5.56 Å². The number of nitrogens with one attached hydrogen (secondary N) is 1. The second-order valence-corrected chi connectivity index (χ2v) is 6.60. The minimum Gasteiger partial charge on any atom is -0.372 e. The number of carbonyl (C=O) groups is 1. The van der Waals surface area contributed by atoms with Gasteiger partial charge < -0.3 is 15.0 Å². The number of ether oxygens (including phenoxy) is 1. The standard InChI is InChI=1S/C19H25N3O2/c1-13(2)16-5-7-18(8-6-16)21-19(23)17(9-20)12-22-10-14(3)24-15(4)11-22/h5-8,12-15H,10-11H2,1-4H3,(H,21,23)/b17-12-. The number of nitriles is 1. The molecule has 1 aliphatic rings. The zero-order chi connectivity index (χ0) is 17.7. The van der Waals surface area contributed by atoms with Gasteiger partial charge in [0.2, 0.25) is 0 Å². The average Bonchev–Trinajstić information content (AvgIpc) is 2.52. The first-order valence-electron chi connectivity index (χ1n) is 8.31. The summed E-state index contributed by atoms with van der Waals surface area (Å²) in [7, 11) is 0. The quantitative estimate of drug-likeness (QED) is 0.681. The zero-order valence-electron chi connectivity index (χ0n) is 14.7. The highest BCUT2D eigenvalue weighted by molar-refractivity contribution is 6.06. The monoisotopic (exact) mass is 327 g/mol. The lowest BCUT2D eigenvalue weighted by atomic mass is 10.0.